The minimum atomic E-state index is -0.481. The van der Waals surface area contributed by atoms with Crippen LogP contribution >= 0.6 is 0 Å². The number of hydrogen-bond donors (Lipinski definition) is 0. The van der Waals surface area contributed by atoms with E-state index in [0.29, 0.717) is 11.3 Å². The number of para-hydroxylation sites is 1. The third kappa shape index (κ3) is 2.18. The minimum Gasteiger partial charge on any atom is -0.341 e. The molecule has 0 aliphatic heterocycles. The van der Waals surface area contributed by atoms with Crippen molar-refractivity contribution in [3.8, 4) is 0 Å². The number of nitro benzene ring substituents is 1. The molecule has 0 fully saturated rings. The van der Waals surface area contributed by atoms with Gasteiger partial charge in [-0.15, -0.1) is 0 Å². The molecule has 5 heteroatoms. The van der Waals surface area contributed by atoms with Gasteiger partial charge in [0, 0.05) is 35.6 Å². The van der Waals surface area contributed by atoms with Crippen LogP contribution in [0.1, 0.15) is 16.1 Å². The van der Waals surface area contributed by atoms with Crippen molar-refractivity contribution in [2.75, 3.05) is 0 Å². The summed E-state index contributed by atoms with van der Waals surface area (Å²) in [7, 11) is 1.83. The molecule has 0 spiro atoms. The van der Waals surface area contributed by atoms with Gasteiger partial charge in [0.1, 0.15) is 0 Å². The monoisotopic (exact) mass is 280 g/mol. The minimum absolute atomic E-state index is 0.0245. The van der Waals surface area contributed by atoms with Crippen molar-refractivity contribution in [1.82, 2.24) is 4.57 Å². The Morgan fingerprint density at radius 1 is 1.10 bits per heavy atom. The highest BCUT2D eigenvalue weighted by Gasteiger charge is 2.16. The molecule has 0 unspecified atom stereocenters. The van der Waals surface area contributed by atoms with Crippen molar-refractivity contribution >= 4 is 22.4 Å². The normalized spacial score (nSPS) is 10.7. The number of aryl methyl sites for hydroxylation is 1. The van der Waals surface area contributed by atoms with Gasteiger partial charge in [-0.05, 0) is 24.3 Å². The lowest BCUT2D eigenvalue weighted by Gasteiger charge is -2.03. The van der Waals surface area contributed by atoms with Gasteiger partial charge in [0.25, 0.3) is 5.69 Å². The summed E-state index contributed by atoms with van der Waals surface area (Å²) in [6, 6.07) is 15.2. The van der Waals surface area contributed by atoms with E-state index in [2.05, 4.69) is 0 Å². The van der Waals surface area contributed by atoms with Gasteiger partial charge in [0.05, 0.1) is 10.6 Å². The quantitative estimate of drug-likeness (QED) is 0.420. The van der Waals surface area contributed by atoms with Crippen LogP contribution in [-0.4, -0.2) is 15.3 Å². The third-order valence-electron chi connectivity index (χ3n) is 3.52. The predicted molar refractivity (Wildman–Crippen MR) is 79.4 cm³/mol. The summed E-state index contributed by atoms with van der Waals surface area (Å²) in [5.41, 5.74) is 1.95. The van der Waals surface area contributed by atoms with Crippen LogP contribution in [0.15, 0.2) is 54.6 Å². The van der Waals surface area contributed by atoms with Gasteiger partial charge in [0.2, 0.25) is 5.78 Å². The molecule has 0 bridgehead atoms. The molecule has 3 rings (SSSR count). The zero-order valence-electron chi connectivity index (χ0n) is 11.3. The molecule has 0 N–H and O–H groups in total. The van der Waals surface area contributed by atoms with Gasteiger partial charge >= 0.3 is 0 Å². The zero-order valence-corrected chi connectivity index (χ0v) is 11.3. The van der Waals surface area contributed by atoms with Crippen molar-refractivity contribution in [1.29, 1.82) is 0 Å². The lowest BCUT2D eigenvalue weighted by atomic mass is 10.1. The van der Waals surface area contributed by atoms with Crippen LogP contribution in [0, 0.1) is 10.1 Å². The van der Waals surface area contributed by atoms with E-state index in [1.807, 2.05) is 41.9 Å². The van der Waals surface area contributed by atoms with Gasteiger partial charge in [-0.3, -0.25) is 14.9 Å². The Labute approximate surface area is 120 Å². The molecule has 104 valence electrons. The molecule has 2 aromatic carbocycles. The lowest BCUT2D eigenvalue weighted by molar-refractivity contribution is -0.384. The average Bonchev–Trinajstić information content (AvgIpc) is 2.84. The Morgan fingerprint density at radius 3 is 2.38 bits per heavy atom. The highest BCUT2D eigenvalue weighted by Crippen LogP contribution is 2.21. The first-order valence-electron chi connectivity index (χ1n) is 6.41. The summed E-state index contributed by atoms with van der Waals surface area (Å²) in [4.78, 5) is 22.7. The molecule has 0 aliphatic carbocycles. The van der Waals surface area contributed by atoms with E-state index in [4.69, 9.17) is 0 Å². The number of fused-ring (bicyclic) bond motifs is 1. The van der Waals surface area contributed by atoms with Crippen LogP contribution < -0.4 is 0 Å². The average molecular weight is 280 g/mol. The number of benzene rings is 2. The number of hydrogen-bond acceptors (Lipinski definition) is 3. The number of carbonyl (C=O) groups excluding carboxylic acids is 1. The SMILES string of the molecule is Cn1c(C(=O)c2ccc([N+](=O)[O-])cc2)cc2ccccc21. The van der Waals surface area contributed by atoms with E-state index in [9.17, 15) is 14.9 Å². The van der Waals surface area contributed by atoms with Gasteiger partial charge in [-0.1, -0.05) is 18.2 Å². The van der Waals surface area contributed by atoms with E-state index < -0.39 is 4.92 Å². The van der Waals surface area contributed by atoms with Crippen molar-refractivity contribution in [2.45, 2.75) is 0 Å². The van der Waals surface area contributed by atoms with E-state index >= 15 is 0 Å². The fourth-order valence-corrected chi connectivity index (χ4v) is 2.39. The Hall–Kier alpha value is -2.95. The molecule has 0 amide bonds. The zero-order chi connectivity index (χ0) is 15.0. The van der Waals surface area contributed by atoms with Crippen molar-refractivity contribution < 1.29 is 9.72 Å². The fourth-order valence-electron chi connectivity index (χ4n) is 2.39. The van der Waals surface area contributed by atoms with Crippen LogP contribution in [0.25, 0.3) is 10.9 Å². The summed E-state index contributed by atoms with van der Waals surface area (Å²) >= 11 is 0. The van der Waals surface area contributed by atoms with Gasteiger partial charge in [-0.2, -0.15) is 0 Å². The number of nitrogens with zero attached hydrogens (tertiary/aromatic N) is 2. The summed E-state index contributed by atoms with van der Waals surface area (Å²) < 4.78 is 1.83. The molecule has 0 saturated heterocycles. The second-order valence-corrected chi connectivity index (χ2v) is 4.78. The van der Waals surface area contributed by atoms with Crippen LogP contribution in [-0.2, 0) is 7.05 Å². The standard InChI is InChI=1S/C16H12N2O3/c1-17-14-5-3-2-4-12(14)10-15(17)16(19)11-6-8-13(9-7-11)18(20)21/h2-10H,1H3. The van der Waals surface area contributed by atoms with Crippen LogP contribution in [0.4, 0.5) is 5.69 Å². The second kappa shape index (κ2) is 4.86. The molecular weight excluding hydrogens is 268 g/mol. The van der Waals surface area contributed by atoms with Gasteiger partial charge in [0.15, 0.2) is 0 Å². The Kier molecular flexibility index (Phi) is 3.02. The molecule has 0 saturated carbocycles. The number of carbonyl (C=O) groups is 1. The summed E-state index contributed by atoms with van der Waals surface area (Å²) in [5, 5.41) is 11.6. The van der Waals surface area contributed by atoms with Crippen LogP contribution in [0.3, 0.4) is 0 Å². The van der Waals surface area contributed by atoms with E-state index in [1.54, 1.807) is 0 Å². The second-order valence-electron chi connectivity index (χ2n) is 4.78. The van der Waals surface area contributed by atoms with Gasteiger partial charge in [-0.25, -0.2) is 0 Å². The fraction of sp³-hybridized carbons (Fsp3) is 0.0625. The van der Waals surface area contributed by atoms with Gasteiger partial charge < -0.3 is 4.57 Å². The lowest BCUT2D eigenvalue weighted by Crippen LogP contribution is -2.07. The molecule has 0 atom stereocenters. The van der Waals surface area contributed by atoms with Crippen LogP contribution in [0.5, 0.6) is 0 Å². The number of non-ortho nitro benzene ring substituents is 1. The molecule has 5 nitrogen and oxygen atoms in total. The third-order valence-corrected chi connectivity index (χ3v) is 3.52. The van der Waals surface area contributed by atoms with E-state index in [0.717, 1.165) is 10.9 Å². The molecule has 1 aromatic heterocycles. The highest BCUT2D eigenvalue weighted by molar-refractivity contribution is 6.10. The first-order chi connectivity index (χ1) is 10.1. The first-order valence-corrected chi connectivity index (χ1v) is 6.41. The van der Waals surface area contributed by atoms with Crippen LogP contribution in [0.2, 0.25) is 0 Å². The molecule has 21 heavy (non-hydrogen) atoms. The molecule has 0 aliphatic rings. The highest BCUT2D eigenvalue weighted by atomic mass is 16.6. The number of nitro groups is 1. The summed E-state index contributed by atoms with van der Waals surface area (Å²) in [6.07, 6.45) is 0. The van der Waals surface area contributed by atoms with Crippen molar-refractivity contribution in [3.63, 3.8) is 0 Å². The number of aromatic nitrogens is 1. The molecular formula is C16H12N2O3. The Balaban J connectivity index is 2.04. The Morgan fingerprint density at radius 2 is 1.76 bits per heavy atom. The molecule has 0 radical (unpaired) electrons. The van der Waals surface area contributed by atoms with Crippen molar-refractivity contribution in [2.24, 2.45) is 7.05 Å². The summed E-state index contributed by atoms with van der Waals surface area (Å²) in [6.45, 7) is 0. The van der Waals surface area contributed by atoms with E-state index in [1.165, 1.54) is 24.3 Å². The van der Waals surface area contributed by atoms with Crippen molar-refractivity contribution in [3.05, 3.63) is 76.0 Å². The Bertz CT molecular complexity index is 848. The smallest absolute Gasteiger partial charge is 0.269 e. The molecule has 1 heterocycles. The maximum absolute atomic E-state index is 12.5. The predicted octanol–water partition coefficient (Wildman–Crippen LogP) is 3.32. The topological polar surface area (TPSA) is 65.1 Å². The number of ketones is 1. The first kappa shape index (κ1) is 13.1. The molecule has 3 aromatic rings. The number of rotatable bonds is 3. The largest absolute Gasteiger partial charge is 0.341 e. The van der Waals surface area contributed by atoms with E-state index in [-0.39, 0.29) is 11.5 Å². The maximum atomic E-state index is 12.5. The summed E-state index contributed by atoms with van der Waals surface area (Å²) in [5.74, 6) is -0.149. The maximum Gasteiger partial charge on any atom is 0.269 e.